The third kappa shape index (κ3) is 5.22. The van der Waals surface area contributed by atoms with Gasteiger partial charge >= 0.3 is 5.97 Å². The third-order valence-electron chi connectivity index (χ3n) is 1.83. The molecule has 1 rings (SSSR count). The minimum absolute atomic E-state index is 0.165. The summed E-state index contributed by atoms with van der Waals surface area (Å²) in [4.78, 5) is 21.9. The van der Waals surface area contributed by atoms with E-state index in [0.717, 1.165) is 5.01 Å². The van der Waals surface area contributed by atoms with Crippen LogP contribution in [0.5, 0.6) is 0 Å². The molecule has 0 spiro atoms. The van der Waals surface area contributed by atoms with Gasteiger partial charge in [0.05, 0.1) is 12.4 Å². The van der Waals surface area contributed by atoms with Crippen molar-refractivity contribution in [3.8, 4) is 0 Å². The Balaban J connectivity index is 2.35. The minimum Gasteiger partial charge on any atom is -0.469 e. The number of halogens is 1. The summed E-state index contributed by atoms with van der Waals surface area (Å²) in [6.45, 7) is 0. The number of esters is 1. The average Bonchev–Trinajstić information content (AvgIpc) is 2.76. The van der Waals surface area contributed by atoms with Crippen LogP contribution in [0.2, 0.25) is 0 Å². The van der Waals surface area contributed by atoms with Crippen LogP contribution in [0.1, 0.15) is 17.8 Å². The number of ether oxygens (including phenoxy) is 1. The molecule has 6 nitrogen and oxygen atoms in total. The molecule has 0 aliphatic carbocycles. The van der Waals surface area contributed by atoms with Crippen molar-refractivity contribution in [2.24, 2.45) is 0 Å². The maximum atomic E-state index is 11.1. The van der Waals surface area contributed by atoms with Gasteiger partial charge in [-0.3, -0.25) is 14.9 Å². The monoisotopic (exact) mass is 321 g/mol. The molecule has 0 aliphatic heterocycles. The van der Waals surface area contributed by atoms with E-state index in [1.54, 1.807) is 0 Å². The van der Waals surface area contributed by atoms with Crippen molar-refractivity contribution in [1.29, 1.82) is 0 Å². The van der Waals surface area contributed by atoms with Crippen molar-refractivity contribution >= 4 is 44.3 Å². The molecule has 1 aromatic rings. The molecule has 0 saturated heterocycles. The summed E-state index contributed by atoms with van der Waals surface area (Å²) in [5, 5.41) is 11.8. The van der Waals surface area contributed by atoms with Crippen LogP contribution < -0.4 is 5.32 Å². The molecule has 0 bridgehead atoms. The fourth-order valence-electron chi connectivity index (χ4n) is 1.04. The zero-order valence-electron chi connectivity index (χ0n) is 9.23. The number of methoxy groups -OCH3 is 1. The second-order valence-corrected chi connectivity index (χ2v) is 4.74. The van der Waals surface area contributed by atoms with E-state index < -0.39 is 0 Å². The Bertz CT molecular complexity index is 397. The Hall–Kier alpha value is -1.02. The molecule has 0 aliphatic rings. The Morgan fingerprint density at radius 3 is 2.88 bits per heavy atom. The number of hydrogen-bond donors (Lipinski definition) is 1. The zero-order chi connectivity index (χ0) is 12.7. The first-order valence-electron chi connectivity index (χ1n) is 4.90. The Morgan fingerprint density at radius 2 is 2.24 bits per heavy atom. The van der Waals surface area contributed by atoms with Gasteiger partial charge in [-0.25, -0.2) is 0 Å². The Morgan fingerprint density at radius 1 is 1.47 bits per heavy atom. The standard InChI is InChI=1S/C9H12BrN3O3S/c1-16-8(15)4-2-3-7-12-13-9(17-7)11-6(14)5-10/h2-5H2,1H3,(H,11,13,14). The summed E-state index contributed by atoms with van der Waals surface area (Å²) in [7, 11) is 1.36. The quantitative estimate of drug-likeness (QED) is 0.632. The number of carbonyl (C=O) groups excluding carboxylic acids is 2. The highest BCUT2D eigenvalue weighted by Crippen LogP contribution is 2.17. The van der Waals surface area contributed by atoms with Crippen LogP contribution in [0.25, 0.3) is 0 Å². The molecule has 0 unspecified atom stereocenters. The maximum Gasteiger partial charge on any atom is 0.305 e. The summed E-state index contributed by atoms with van der Waals surface area (Å²) in [6, 6.07) is 0. The average molecular weight is 322 g/mol. The lowest BCUT2D eigenvalue weighted by atomic mass is 10.2. The van der Waals surface area contributed by atoms with Crippen molar-refractivity contribution in [2.75, 3.05) is 17.8 Å². The van der Waals surface area contributed by atoms with E-state index in [-0.39, 0.29) is 17.2 Å². The maximum absolute atomic E-state index is 11.1. The molecular weight excluding hydrogens is 310 g/mol. The molecular formula is C9H12BrN3O3S. The lowest BCUT2D eigenvalue weighted by Crippen LogP contribution is -2.11. The van der Waals surface area contributed by atoms with Crippen LogP contribution in [0, 0.1) is 0 Å². The number of carbonyl (C=O) groups is 2. The first kappa shape index (κ1) is 14.0. The molecule has 1 heterocycles. The number of hydrogen-bond acceptors (Lipinski definition) is 6. The largest absolute Gasteiger partial charge is 0.469 e. The smallest absolute Gasteiger partial charge is 0.305 e. The van der Waals surface area contributed by atoms with Crippen LogP contribution >= 0.6 is 27.3 Å². The van der Waals surface area contributed by atoms with Crippen LogP contribution in [0.15, 0.2) is 0 Å². The first-order chi connectivity index (χ1) is 8.15. The second-order valence-electron chi connectivity index (χ2n) is 3.11. The van der Waals surface area contributed by atoms with Gasteiger partial charge < -0.3 is 4.74 Å². The summed E-state index contributed by atoms with van der Waals surface area (Å²) < 4.78 is 4.53. The zero-order valence-corrected chi connectivity index (χ0v) is 11.6. The highest BCUT2D eigenvalue weighted by Gasteiger charge is 2.08. The number of alkyl halides is 1. The summed E-state index contributed by atoms with van der Waals surface area (Å²) in [6.07, 6.45) is 1.67. The number of aromatic nitrogens is 2. The SMILES string of the molecule is COC(=O)CCCc1nnc(NC(=O)CBr)s1. The van der Waals surface area contributed by atoms with Gasteiger partial charge in [0.15, 0.2) is 0 Å². The molecule has 1 aromatic heterocycles. The molecule has 0 aromatic carbocycles. The van der Waals surface area contributed by atoms with Crippen molar-refractivity contribution in [1.82, 2.24) is 10.2 Å². The van der Waals surface area contributed by atoms with Crippen molar-refractivity contribution in [3.05, 3.63) is 5.01 Å². The van der Waals surface area contributed by atoms with Gasteiger partial charge in [0.25, 0.3) is 0 Å². The summed E-state index contributed by atoms with van der Waals surface area (Å²) >= 11 is 4.35. The van der Waals surface area contributed by atoms with E-state index in [4.69, 9.17) is 0 Å². The molecule has 0 fully saturated rings. The van der Waals surface area contributed by atoms with E-state index in [0.29, 0.717) is 24.4 Å². The van der Waals surface area contributed by atoms with Crippen molar-refractivity contribution in [2.45, 2.75) is 19.3 Å². The van der Waals surface area contributed by atoms with E-state index in [1.165, 1.54) is 18.4 Å². The predicted octanol–water partition coefficient (Wildman–Crippen LogP) is 1.37. The molecule has 1 amide bonds. The highest BCUT2D eigenvalue weighted by molar-refractivity contribution is 9.09. The van der Waals surface area contributed by atoms with E-state index >= 15 is 0 Å². The molecule has 1 N–H and O–H groups in total. The Kier molecular flexibility index (Phi) is 6.06. The van der Waals surface area contributed by atoms with Crippen LogP contribution in [-0.4, -0.2) is 34.5 Å². The van der Waals surface area contributed by atoms with Gasteiger partial charge in [-0.1, -0.05) is 27.3 Å². The summed E-state index contributed by atoms with van der Waals surface area (Å²) in [5.41, 5.74) is 0. The second kappa shape index (κ2) is 7.33. The van der Waals surface area contributed by atoms with Crippen LogP contribution in [-0.2, 0) is 20.7 Å². The van der Waals surface area contributed by atoms with Gasteiger partial charge in [0.2, 0.25) is 11.0 Å². The molecule has 17 heavy (non-hydrogen) atoms. The number of rotatable bonds is 6. The normalized spacial score (nSPS) is 10.0. The molecule has 94 valence electrons. The van der Waals surface area contributed by atoms with Gasteiger partial charge in [-0.05, 0) is 6.42 Å². The van der Waals surface area contributed by atoms with E-state index in [1.807, 2.05) is 0 Å². The van der Waals surface area contributed by atoms with Gasteiger partial charge in [0.1, 0.15) is 5.01 Å². The summed E-state index contributed by atoms with van der Waals surface area (Å²) in [5.74, 6) is -0.399. The van der Waals surface area contributed by atoms with Gasteiger partial charge in [-0.2, -0.15) is 0 Å². The lowest BCUT2D eigenvalue weighted by molar-refractivity contribution is -0.140. The molecule has 0 radical (unpaired) electrons. The first-order valence-corrected chi connectivity index (χ1v) is 6.84. The lowest BCUT2D eigenvalue weighted by Gasteiger charge is -1.96. The number of anilines is 1. The number of amides is 1. The fourth-order valence-corrected chi connectivity index (χ4v) is 1.98. The third-order valence-corrected chi connectivity index (χ3v) is 3.24. The molecule has 0 saturated carbocycles. The molecule has 0 atom stereocenters. The Labute approximate surface area is 111 Å². The van der Waals surface area contributed by atoms with Gasteiger partial charge in [0, 0.05) is 12.8 Å². The highest BCUT2D eigenvalue weighted by atomic mass is 79.9. The number of nitrogens with zero attached hydrogens (tertiary/aromatic N) is 2. The topological polar surface area (TPSA) is 81.2 Å². The van der Waals surface area contributed by atoms with Crippen molar-refractivity contribution < 1.29 is 14.3 Å². The van der Waals surface area contributed by atoms with Crippen LogP contribution in [0.4, 0.5) is 5.13 Å². The van der Waals surface area contributed by atoms with Crippen molar-refractivity contribution in [3.63, 3.8) is 0 Å². The molecule has 8 heteroatoms. The predicted molar refractivity (Wildman–Crippen MR) is 67.3 cm³/mol. The van der Waals surface area contributed by atoms with Gasteiger partial charge in [-0.15, -0.1) is 10.2 Å². The van der Waals surface area contributed by atoms with Crippen LogP contribution in [0.3, 0.4) is 0 Å². The van der Waals surface area contributed by atoms with E-state index in [9.17, 15) is 9.59 Å². The number of aryl methyl sites for hydroxylation is 1. The minimum atomic E-state index is -0.234. The number of nitrogens with one attached hydrogen (secondary N) is 1. The van der Waals surface area contributed by atoms with E-state index in [2.05, 4.69) is 36.2 Å². The fraction of sp³-hybridized carbons (Fsp3) is 0.556.